The summed E-state index contributed by atoms with van der Waals surface area (Å²) < 4.78 is 7.15. The van der Waals surface area contributed by atoms with Gasteiger partial charge in [-0.3, -0.25) is 9.59 Å². The van der Waals surface area contributed by atoms with Crippen molar-refractivity contribution in [3.63, 3.8) is 0 Å². The Morgan fingerprint density at radius 3 is 2.93 bits per heavy atom. The fourth-order valence-electron chi connectivity index (χ4n) is 3.43. The van der Waals surface area contributed by atoms with Crippen molar-refractivity contribution in [1.29, 1.82) is 0 Å². The van der Waals surface area contributed by atoms with Crippen LogP contribution in [0.3, 0.4) is 0 Å². The second kappa shape index (κ2) is 6.95. The summed E-state index contributed by atoms with van der Waals surface area (Å²) in [6, 6.07) is 7.12. The highest BCUT2D eigenvalue weighted by Gasteiger charge is 2.17. The van der Waals surface area contributed by atoms with Crippen LogP contribution < -0.4 is 15.4 Å². The highest BCUT2D eigenvalue weighted by molar-refractivity contribution is 5.97. The zero-order valence-corrected chi connectivity index (χ0v) is 16.0. The standard InChI is InChI=1S/C20H21N5O3/c1-11-8-18-21-12(2)15(13(3)25(18)24-11)5-7-19(26)22-14-4-6-17-16(9-14)23-20(27)10-28-17/h4,6,8-9H,5,7,10H2,1-3H3,(H,22,26)(H,23,27). The number of nitrogens with one attached hydrogen (secondary N) is 2. The van der Waals surface area contributed by atoms with E-state index in [0.717, 1.165) is 28.3 Å². The zero-order valence-electron chi connectivity index (χ0n) is 16.0. The lowest BCUT2D eigenvalue weighted by Crippen LogP contribution is -2.25. The van der Waals surface area contributed by atoms with Crippen LogP contribution in [0.4, 0.5) is 11.4 Å². The van der Waals surface area contributed by atoms with E-state index in [0.29, 0.717) is 30.0 Å². The average Bonchev–Trinajstić information content (AvgIpc) is 3.01. The van der Waals surface area contributed by atoms with Gasteiger partial charge in [0.1, 0.15) is 5.75 Å². The minimum Gasteiger partial charge on any atom is -0.482 e. The summed E-state index contributed by atoms with van der Waals surface area (Å²) in [4.78, 5) is 28.5. The predicted molar refractivity (Wildman–Crippen MR) is 105 cm³/mol. The SMILES string of the molecule is Cc1cc2nc(C)c(CCC(=O)Nc3ccc4c(c3)NC(=O)CO4)c(C)n2n1. The first-order chi connectivity index (χ1) is 13.4. The van der Waals surface area contributed by atoms with Crippen LogP contribution in [0, 0.1) is 20.8 Å². The first kappa shape index (κ1) is 18.0. The molecule has 0 fully saturated rings. The van der Waals surface area contributed by atoms with Crippen molar-refractivity contribution >= 4 is 28.8 Å². The third kappa shape index (κ3) is 3.40. The minimum absolute atomic E-state index is 0.00552. The normalized spacial score (nSPS) is 13.0. The molecule has 0 spiro atoms. The number of aromatic nitrogens is 3. The Morgan fingerprint density at radius 2 is 2.11 bits per heavy atom. The third-order valence-corrected chi connectivity index (χ3v) is 4.78. The molecule has 3 heterocycles. The van der Waals surface area contributed by atoms with Crippen molar-refractivity contribution in [3.8, 4) is 5.75 Å². The van der Waals surface area contributed by atoms with E-state index in [4.69, 9.17) is 4.74 Å². The van der Waals surface area contributed by atoms with Crippen molar-refractivity contribution in [2.75, 3.05) is 17.2 Å². The molecule has 144 valence electrons. The Morgan fingerprint density at radius 1 is 1.29 bits per heavy atom. The van der Waals surface area contributed by atoms with E-state index in [-0.39, 0.29) is 18.4 Å². The zero-order chi connectivity index (χ0) is 19.8. The number of carbonyl (C=O) groups excluding carboxylic acids is 2. The number of rotatable bonds is 4. The molecule has 2 amide bonds. The molecule has 0 aliphatic carbocycles. The van der Waals surface area contributed by atoms with Crippen LogP contribution in [0.2, 0.25) is 0 Å². The molecule has 1 aliphatic rings. The first-order valence-electron chi connectivity index (χ1n) is 9.10. The Balaban J connectivity index is 1.46. The lowest BCUT2D eigenvalue weighted by Gasteiger charge is -2.18. The number of hydrogen-bond acceptors (Lipinski definition) is 5. The fourth-order valence-corrected chi connectivity index (χ4v) is 3.43. The number of amides is 2. The van der Waals surface area contributed by atoms with Gasteiger partial charge in [-0.15, -0.1) is 0 Å². The highest BCUT2D eigenvalue weighted by Crippen LogP contribution is 2.30. The molecule has 0 radical (unpaired) electrons. The summed E-state index contributed by atoms with van der Waals surface area (Å²) >= 11 is 0. The maximum Gasteiger partial charge on any atom is 0.262 e. The van der Waals surface area contributed by atoms with E-state index in [1.807, 2.05) is 31.4 Å². The van der Waals surface area contributed by atoms with Gasteiger partial charge < -0.3 is 15.4 Å². The molecule has 1 aromatic carbocycles. The number of aryl methyl sites for hydroxylation is 3. The summed E-state index contributed by atoms with van der Waals surface area (Å²) in [6.45, 7) is 5.89. The monoisotopic (exact) mass is 379 g/mol. The molecular weight excluding hydrogens is 358 g/mol. The van der Waals surface area contributed by atoms with Gasteiger partial charge in [-0.05, 0) is 51.0 Å². The van der Waals surface area contributed by atoms with Crippen LogP contribution in [0.1, 0.15) is 29.1 Å². The molecule has 0 unspecified atom stereocenters. The molecule has 28 heavy (non-hydrogen) atoms. The molecule has 0 atom stereocenters. The molecule has 8 nitrogen and oxygen atoms in total. The molecular formula is C20H21N5O3. The third-order valence-electron chi connectivity index (χ3n) is 4.78. The van der Waals surface area contributed by atoms with Crippen LogP contribution in [-0.2, 0) is 16.0 Å². The van der Waals surface area contributed by atoms with Gasteiger partial charge in [0.15, 0.2) is 12.3 Å². The van der Waals surface area contributed by atoms with Crippen LogP contribution in [-0.4, -0.2) is 33.0 Å². The lowest BCUT2D eigenvalue weighted by atomic mass is 10.1. The van der Waals surface area contributed by atoms with Gasteiger partial charge in [0.25, 0.3) is 5.91 Å². The van der Waals surface area contributed by atoms with Gasteiger partial charge in [-0.2, -0.15) is 5.10 Å². The first-order valence-corrected chi connectivity index (χ1v) is 9.10. The van der Waals surface area contributed by atoms with Gasteiger partial charge in [0.05, 0.1) is 11.4 Å². The van der Waals surface area contributed by atoms with E-state index in [1.165, 1.54) is 0 Å². The van der Waals surface area contributed by atoms with Gasteiger partial charge in [-0.1, -0.05) is 0 Å². The van der Waals surface area contributed by atoms with Crippen molar-refractivity contribution < 1.29 is 14.3 Å². The number of anilines is 2. The topological polar surface area (TPSA) is 97.6 Å². The van der Waals surface area contributed by atoms with Crippen LogP contribution in [0.25, 0.3) is 5.65 Å². The van der Waals surface area contributed by atoms with E-state index in [2.05, 4.69) is 20.7 Å². The molecule has 2 N–H and O–H groups in total. The molecule has 2 aromatic heterocycles. The Hall–Kier alpha value is -3.42. The van der Waals surface area contributed by atoms with Crippen LogP contribution in [0.15, 0.2) is 24.3 Å². The summed E-state index contributed by atoms with van der Waals surface area (Å²) in [5.74, 6) is 0.273. The molecule has 3 aromatic rings. The predicted octanol–water partition coefficient (Wildman–Crippen LogP) is 2.56. The molecule has 0 saturated heterocycles. The second-order valence-electron chi connectivity index (χ2n) is 6.91. The largest absolute Gasteiger partial charge is 0.482 e. The number of nitrogens with zero attached hydrogens (tertiary/aromatic N) is 3. The van der Waals surface area contributed by atoms with Crippen LogP contribution >= 0.6 is 0 Å². The molecule has 8 heteroatoms. The Bertz CT molecular complexity index is 1100. The second-order valence-corrected chi connectivity index (χ2v) is 6.91. The van der Waals surface area contributed by atoms with Crippen LogP contribution in [0.5, 0.6) is 5.75 Å². The minimum atomic E-state index is -0.210. The number of hydrogen-bond donors (Lipinski definition) is 2. The Kier molecular flexibility index (Phi) is 4.46. The summed E-state index contributed by atoms with van der Waals surface area (Å²) in [6.07, 6.45) is 0.880. The number of benzene rings is 1. The van der Waals surface area contributed by atoms with Crippen molar-refractivity contribution in [2.24, 2.45) is 0 Å². The van der Waals surface area contributed by atoms with Gasteiger partial charge >= 0.3 is 0 Å². The molecule has 0 bridgehead atoms. The quantitative estimate of drug-likeness (QED) is 0.726. The number of ether oxygens (including phenoxy) is 1. The van der Waals surface area contributed by atoms with Gasteiger partial charge in [-0.25, -0.2) is 9.50 Å². The fraction of sp³-hybridized carbons (Fsp3) is 0.300. The van der Waals surface area contributed by atoms with E-state index in [1.54, 1.807) is 18.2 Å². The maximum absolute atomic E-state index is 12.4. The summed E-state index contributed by atoms with van der Waals surface area (Å²) in [7, 11) is 0. The summed E-state index contributed by atoms with van der Waals surface area (Å²) in [5.41, 5.74) is 5.83. The number of carbonyl (C=O) groups is 2. The van der Waals surface area contributed by atoms with Crippen molar-refractivity contribution in [3.05, 3.63) is 46.9 Å². The lowest BCUT2D eigenvalue weighted by molar-refractivity contribution is -0.118. The van der Waals surface area contributed by atoms with E-state index in [9.17, 15) is 9.59 Å². The van der Waals surface area contributed by atoms with Gasteiger partial charge in [0, 0.05) is 29.6 Å². The molecule has 4 rings (SSSR count). The smallest absolute Gasteiger partial charge is 0.262 e. The van der Waals surface area contributed by atoms with Crippen molar-refractivity contribution in [2.45, 2.75) is 33.6 Å². The van der Waals surface area contributed by atoms with E-state index < -0.39 is 0 Å². The molecule has 1 aliphatic heterocycles. The maximum atomic E-state index is 12.4. The molecule has 0 saturated carbocycles. The highest BCUT2D eigenvalue weighted by atomic mass is 16.5. The van der Waals surface area contributed by atoms with Crippen molar-refractivity contribution in [1.82, 2.24) is 14.6 Å². The Labute approximate surface area is 161 Å². The summed E-state index contributed by atoms with van der Waals surface area (Å²) in [5, 5.41) is 10.1. The average molecular weight is 379 g/mol. The van der Waals surface area contributed by atoms with E-state index >= 15 is 0 Å². The number of fused-ring (bicyclic) bond motifs is 2. The van der Waals surface area contributed by atoms with Gasteiger partial charge in [0.2, 0.25) is 5.91 Å².